The van der Waals surface area contributed by atoms with Gasteiger partial charge in [0.15, 0.2) is 0 Å². The highest BCUT2D eigenvalue weighted by Crippen LogP contribution is 2.37. The van der Waals surface area contributed by atoms with E-state index in [1.54, 1.807) is 17.6 Å². The van der Waals surface area contributed by atoms with Gasteiger partial charge in [0.25, 0.3) is 5.91 Å². The maximum atomic E-state index is 13.6. The summed E-state index contributed by atoms with van der Waals surface area (Å²) in [6.45, 7) is 3.87. The summed E-state index contributed by atoms with van der Waals surface area (Å²) >= 11 is 0. The largest absolute Gasteiger partial charge is 0.365 e. The number of rotatable bonds is 9. The molecule has 186 valence electrons. The van der Waals surface area contributed by atoms with Crippen molar-refractivity contribution in [3.63, 3.8) is 0 Å². The van der Waals surface area contributed by atoms with Gasteiger partial charge < -0.3 is 9.97 Å². The van der Waals surface area contributed by atoms with E-state index < -0.39 is 5.91 Å². The monoisotopic (exact) mass is 486 g/mol. The maximum absolute atomic E-state index is 13.6. The highest BCUT2D eigenvalue weighted by Gasteiger charge is 2.28. The summed E-state index contributed by atoms with van der Waals surface area (Å²) in [6, 6.07) is 13.8. The van der Waals surface area contributed by atoms with E-state index >= 15 is 0 Å². The first-order chi connectivity index (χ1) is 17.5. The van der Waals surface area contributed by atoms with Crippen LogP contribution in [0.15, 0.2) is 60.9 Å². The lowest BCUT2D eigenvalue weighted by molar-refractivity contribution is -0.124. The Balaban J connectivity index is 1.39. The lowest BCUT2D eigenvalue weighted by Gasteiger charge is -2.29. The number of nitrogens with zero attached hydrogens (tertiary/aromatic N) is 1. The molecule has 6 nitrogen and oxygen atoms in total. The van der Waals surface area contributed by atoms with Gasteiger partial charge in [-0.2, -0.15) is 0 Å². The summed E-state index contributed by atoms with van der Waals surface area (Å²) < 4.78 is 13.6. The Hall–Kier alpha value is -3.68. The Bertz CT molecular complexity index is 1400. The minimum Gasteiger partial charge on any atom is -0.365 e. The van der Waals surface area contributed by atoms with Crippen LogP contribution >= 0.6 is 0 Å². The summed E-state index contributed by atoms with van der Waals surface area (Å²) in [7, 11) is 0. The van der Waals surface area contributed by atoms with Crippen LogP contribution in [0, 0.1) is 5.82 Å². The predicted octanol–water partition coefficient (Wildman–Crippen LogP) is 5.45. The Labute approximate surface area is 209 Å². The van der Waals surface area contributed by atoms with E-state index in [4.69, 9.17) is 5.21 Å². The zero-order chi connectivity index (χ0) is 25.1. The van der Waals surface area contributed by atoms with Crippen LogP contribution in [0.2, 0.25) is 0 Å². The molecule has 4 N–H and O–H groups in total. The molecule has 2 aromatic heterocycles. The quantitative estimate of drug-likeness (QED) is 0.144. The van der Waals surface area contributed by atoms with Crippen molar-refractivity contribution in [3.8, 4) is 0 Å². The van der Waals surface area contributed by atoms with Gasteiger partial charge in [-0.05, 0) is 83.8 Å². The molecule has 0 bridgehead atoms. The van der Waals surface area contributed by atoms with Gasteiger partial charge in [-0.25, -0.2) is 9.87 Å². The molecule has 0 spiro atoms. The minimum absolute atomic E-state index is 0.231. The third-order valence-corrected chi connectivity index (χ3v) is 7.16. The van der Waals surface area contributed by atoms with Gasteiger partial charge >= 0.3 is 0 Å². The molecule has 2 aromatic carbocycles. The van der Waals surface area contributed by atoms with E-state index in [0.717, 1.165) is 55.2 Å². The zero-order valence-corrected chi connectivity index (χ0v) is 20.4. The number of hydroxylamine groups is 1. The van der Waals surface area contributed by atoms with Gasteiger partial charge in [-0.3, -0.25) is 14.9 Å². The van der Waals surface area contributed by atoms with Crippen molar-refractivity contribution in [2.75, 3.05) is 6.54 Å². The van der Waals surface area contributed by atoms with Crippen molar-refractivity contribution in [1.82, 2.24) is 20.3 Å². The molecule has 1 aliphatic rings. The van der Waals surface area contributed by atoms with Crippen molar-refractivity contribution in [3.05, 3.63) is 100 Å². The number of aromatic nitrogens is 2. The molecule has 0 fully saturated rings. The molecule has 0 aliphatic heterocycles. The minimum atomic E-state index is -0.544. The fourth-order valence-corrected chi connectivity index (χ4v) is 5.30. The standard InChI is InChI=1S/C29H31FN4O2/c1-2-24-14-20(16-31-24)18-34(12-11-22-17-32-27-15-23(30)6-8-25(22)27)28-9-5-21-13-19(3-7-26(21)28)4-10-29(35)33-36/h3-4,6-8,10,13-17,28,31-32,36H,2,5,9,11-12,18H2,1H3,(H,33,35)/b10-4+. The summed E-state index contributed by atoms with van der Waals surface area (Å²) in [4.78, 5) is 20.5. The normalized spacial score (nSPS) is 15.3. The Morgan fingerprint density at radius 2 is 2.08 bits per heavy atom. The van der Waals surface area contributed by atoms with Crippen LogP contribution in [0.3, 0.4) is 0 Å². The molecule has 1 atom stereocenters. The molecule has 5 rings (SSSR count). The van der Waals surface area contributed by atoms with Crippen LogP contribution in [0.4, 0.5) is 4.39 Å². The second-order valence-corrected chi connectivity index (χ2v) is 9.43. The van der Waals surface area contributed by atoms with Gasteiger partial charge in [-0.15, -0.1) is 0 Å². The molecule has 1 unspecified atom stereocenters. The highest BCUT2D eigenvalue weighted by molar-refractivity contribution is 5.90. The summed E-state index contributed by atoms with van der Waals surface area (Å²) in [5.41, 5.74) is 9.71. The van der Waals surface area contributed by atoms with E-state index in [0.29, 0.717) is 6.04 Å². The number of hydrogen-bond donors (Lipinski definition) is 4. The van der Waals surface area contributed by atoms with Crippen molar-refractivity contribution in [2.45, 2.75) is 45.2 Å². The van der Waals surface area contributed by atoms with Gasteiger partial charge in [0.05, 0.1) is 0 Å². The molecular weight excluding hydrogens is 455 g/mol. The average Bonchev–Trinajstić information content (AvgIpc) is 3.62. The van der Waals surface area contributed by atoms with E-state index in [1.807, 2.05) is 18.3 Å². The SMILES string of the molecule is CCc1cc(CN(CCc2c[nH]c3cc(F)ccc23)C2CCc3cc(/C=C/C(=O)NO)ccc32)c[nH]1. The van der Waals surface area contributed by atoms with E-state index in [1.165, 1.54) is 40.1 Å². The third kappa shape index (κ3) is 5.12. The number of H-pyrrole nitrogens is 2. The number of amides is 1. The van der Waals surface area contributed by atoms with Crippen LogP contribution in [0.25, 0.3) is 17.0 Å². The number of halogens is 1. The molecule has 1 amide bonds. The van der Waals surface area contributed by atoms with Crippen LogP contribution in [-0.2, 0) is 30.6 Å². The van der Waals surface area contributed by atoms with Crippen LogP contribution in [-0.4, -0.2) is 32.5 Å². The lowest BCUT2D eigenvalue weighted by Crippen LogP contribution is -2.29. The topological polar surface area (TPSA) is 84.2 Å². The van der Waals surface area contributed by atoms with E-state index in [2.05, 4.69) is 46.2 Å². The summed E-state index contributed by atoms with van der Waals surface area (Å²) in [5, 5.41) is 9.79. The van der Waals surface area contributed by atoms with E-state index in [9.17, 15) is 9.18 Å². The fourth-order valence-electron chi connectivity index (χ4n) is 5.30. The lowest BCUT2D eigenvalue weighted by atomic mass is 10.0. The Kier molecular flexibility index (Phi) is 7.02. The average molecular weight is 487 g/mol. The molecular formula is C29H31FN4O2. The number of nitrogens with one attached hydrogen (secondary N) is 3. The first-order valence-electron chi connectivity index (χ1n) is 12.4. The number of fused-ring (bicyclic) bond motifs is 2. The number of carbonyl (C=O) groups excluding carboxylic acids is 1. The second-order valence-electron chi connectivity index (χ2n) is 9.43. The molecule has 36 heavy (non-hydrogen) atoms. The Morgan fingerprint density at radius 3 is 2.89 bits per heavy atom. The first kappa shape index (κ1) is 24.0. The zero-order valence-electron chi connectivity index (χ0n) is 20.4. The molecule has 0 saturated heterocycles. The van der Waals surface area contributed by atoms with Gasteiger partial charge in [0.1, 0.15) is 5.82 Å². The maximum Gasteiger partial charge on any atom is 0.267 e. The van der Waals surface area contributed by atoms with Gasteiger partial charge in [-0.1, -0.05) is 25.1 Å². The molecule has 1 aliphatic carbocycles. The summed E-state index contributed by atoms with van der Waals surface area (Å²) in [5.74, 6) is -0.775. The molecule has 2 heterocycles. The van der Waals surface area contributed by atoms with Crippen molar-refractivity contribution in [1.29, 1.82) is 0 Å². The van der Waals surface area contributed by atoms with Crippen molar-refractivity contribution < 1.29 is 14.4 Å². The number of carbonyl (C=O) groups is 1. The van der Waals surface area contributed by atoms with Crippen LogP contribution < -0.4 is 5.48 Å². The molecule has 0 saturated carbocycles. The first-order valence-corrected chi connectivity index (χ1v) is 12.4. The smallest absolute Gasteiger partial charge is 0.267 e. The van der Waals surface area contributed by atoms with Crippen molar-refractivity contribution in [2.24, 2.45) is 0 Å². The van der Waals surface area contributed by atoms with Gasteiger partial charge in [0.2, 0.25) is 0 Å². The highest BCUT2D eigenvalue weighted by atomic mass is 19.1. The third-order valence-electron chi connectivity index (χ3n) is 7.16. The fraction of sp³-hybridized carbons (Fsp3) is 0.276. The predicted molar refractivity (Wildman–Crippen MR) is 139 cm³/mol. The number of aromatic amines is 2. The molecule has 7 heteroatoms. The van der Waals surface area contributed by atoms with Crippen LogP contribution in [0.1, 0.15) is 52.9 Å². The number of benzene rings is 2. The number of hydrogen-bond acceptors (Lipinski definition) is 3. The molecule has 4 aromatic rings. The summed E-state index contributed by atoms with van der Waals surface area (Å²) in [6.07, 6.45) is 11.0. The van der Waals surface area contributed by atoms with Crippen molar-refractivity contribution >= 4 is 22.9 Å². The molecule has 0 radical (unpaired) electrons. The second kappa shape index (κ2) is 10.5. The van der Waals surface area contributed by atoms with E-state index in [-0.39, 0.29) is 5.82 Å². The Morgan fingerprint density at radius 1 is 1.19 bits per heavy atom. The van der Waals surface area contributed by atoms with Gasteiger partial charge in [0, 0.05) is 54.2 Å². The van der Waals surface area contributed by atoms with Crippen LogP contribution in [0.5, 0.6) is 0 Å². The number of aryl methyl sites for hydroxylation is 2.